The monoisotopic (exact) mass is 256 g/mol. The molecule has 1 aliphatic rings. The third kappa shape index (κ3) is 2.63. The maximum Gasteiger partial charge on any atom is 0.0560 e. The standard InChI is InChI=1S/C15H20N4/c1-11(10-19-8-2-7-17-19)18-15-6-3-12-9-13(16)4-5-14(12)15/h2,4-5,7-9,11,15,18H,3,6,10,16H2,1H3. The zero-order chi connectivity index (χ0) is 13.2. The highest BCUT2D eigenvalue weighted by Gasteiger charge is 2.23. The maximum atomic E-state index is 5.84. The number of benzene rings is 1. The lowest BCUT2D eigenvalue weighted by molar-refractivity contribution is 0.398. The van der Waals surface area contributed by atoms with Crippen LogP contribution in [0.15, 0.2) is 36.7 Å². The van der Waals surface area contributed by atoms with E-state index < -0.39 is 0 Å². The van der Waals surface area contributed by atoms with Crippen molar-refractivity contribution >= 4 is 5.69 Å². The Kier molecular flexibility index (Phi) is 3.25. The Morgan fingerprint density at radius 2 is 2.42 bits per heavy atom. The van der Waals surface area contributed by atoms with Crippen LogP contribution in [0.2, 0.25) is 0 Å². The molecule has 0 spiro atoms. The Morgan fingerprint density at radius 3 is 3.21 bits per heavy atom. The maximum absolute atomic E-state index is 5.84. The average molecular weight is 256 g/mol. The minimum Gasteiger partial charge on any atom is -0.399 e. The molecule has 0 amide bonds. The molecule has 0 bridgehead atoms. The quantitative estimate of drug-likeness (QED) is 0.824. The van der Waals surface area contributed by atoms with Crippen LogP contribution in [0, 0.1) is 0 Å². The largest absolute Gasteiger partial charge is 0.399 e. The highest BCUT2D eigenvalue weighted by atomic mass is 15.3. The van der Waals surface area contributed by atoms with Gasteiger partial charge in [0.25, 0.3) is 0 Å². The van der Waals surface area contributed by atoms with Crippen molar-refractivity contribution in [2.75, 3.05) is 5.73 Å². The third-order valence-corrected chi connectivity index (χ3v) is 3.75. The van der Waals surface area contributed by atoms with E-state index in [-0.39, 0.29) is 0 Å². The van der Waals surface area contributed by atoms with Crippen molar-refractivity contribution in [3.05, 3.63) is 47.8 Å². The molecule has 2 atom stereocenters. The fourth-order valence-corrected chi connectivity index (χ4v) is 2.90. The van der Waals surface area contributed by atoms with Gasteiger partial charge in [0.15, 0.2) is 0 Å². The molecule has 1 aromatic carbocycles. The van der Waals surface area contributed by atoms with Crippen LogP contribution >= 0.6 is 0 Å². The summed E-state index contributed by atoms with van der Waals surface area (Å²) in [4.78, 5) is 0. The fraction of sp³-hybridized carbons (Fsp3) is 0.400. The smallest absolute Gasteiger partial charge is 0.0560 e. The van der Waals surface area contributed by atoms with Gasteiger partial charge >= 0.3 is 0 Å². The van der Waals surface area contributed by atoms with Crippen molar-refractivity contribution in [3.8, 4) is 0 Å². The summed E-state index contributed by atoms with van der Waals surface area (Å²) in [6, 6.07) is 9.07. The molecular weight excluding hydrogens is 236 g/mol. The van der Waals surface area contributed by atoms with E-state index >= 15 is 0 Å². The second kappa shape index (κ2) is 5.05. The fourth-order valence-electron chi connectivity index (χ4n) is 2.90. The highest BCUT2D eigenvalue weighted by Crippen LogP contribution is 2.32. The highest BCUT2D eigenvalue weighted by molar-refractivity contribution is 5.47. The number of anilines is 1. The Balaban J connectivity index is 1.66. The van der Waals surface area contributed by atoms with Gasteiger partial charge in [-0.05, 0) is 49.1 Å². The first-order chi connectivity index (χ1) is 9.22. The van der Waals surface area contributed by atoms with Gasteiger partial charge in [-0.2, -0.15) is 5.10 Å². The molecule has 0 radical (unpaired) electrons. The molecule has 0 saturated heterocycles. The normalized spacial score (nSPS) is 19.3. The van der Waals surface area contributed by atoms with Crippen molar-refractivity contribution in [1.82, 2.24) is 15.1 Å². The molecule has 100 valence electrons. The van der Waals surface area contributed by atoms with Gasteiger partial charge in [-0.15, -0.1) is 0 Å². The topological polar surface area (TPSA) is 55.9 Å². The summed E-state index contributed by atoms with van der Waals surface area (Å²) in [6.45, 7) is 3.10. The number of aryl methyl sites for hydroxylation is 1. The second-order valence-corrected chi connectivity index (χ2v) is 5.35. The Morgan fingerprint density at radius 1 is 1.53 bits per heavy atom. The summed E-state index contributed by atoms with van der Waals surface area (Å²) in [5, 5.41) is 7.94. The Bertz CT molecular complexity index is 547. The second-order valence-electron chi connectivity index (χ2n) is 5.35. The van der Waals surface area contributed by atoms with E-state index in [9.17, 15) is 0 Å². The van der Waals surface area contributed by atoms with E-state index in [0.29, 0.717) is 12.1 Å². The SMILES string of the molecule is CC(Cn1cccn1)NC1CCc2cc(N)ccc21. The average Bonchev–Trinajstić information content (AvgIpc) is 2.99. The van der Waals surface area contributed by atoms with Gasteiger partial charge < -0.3 is 11.1 Å². The van der Waals surface area contributed by atoms with Crippen LogP contribution in [0.5, 0.6) is 0 Å². The lowest BCUT2D eigenvalue weighted by Crippen LogP contribution is -2.33. The third-order valence-electron chi connectivity index (χ3n) is 3.75. The zero-order valence-corrected chi connectivity index (χ0v) is 11.2. The first-order valence-electron chi connectivity index (χ1n) is 6.84. The lowest BCUT2D eigenvalue weighted by Gasteiger charge is -2.20. The van der Waals surface area contributed by atoms with E-state index in [0.717, 1.165) is 25.1 Å². The molecule has 2 unspecified atom stereocenters. The number of nitrogens with two attached hydrogens (primary N) is 1. The van der Waals surface area contributed by atoms with Gasteiger partial charge in [-0.25, -0.2) is 0 Å². The first kappa shape index (κ1) is 12.2. The van der Waals surface area contributed by atoms with Gasteiger partial charge in [0.05, 0.1) is 6.54 Å². The molecular formula is C15H20N4. The Labute approximate surface area is 113 Å². The number of fused-ring (bicyclic) bond motifs is 1. The number of rotatable bonds is 4. The molecule has 2 aromatic rings. The molecule has 4 nitrogen and oxygen atoms in total. The molecule has 3 rings (SSSR count). The molecule has 19 heavy (non-hydrogen) atoms. The van der Waals surface area contributed by atoms with Crippen LogP contribution in [-0.2, 0) is 13.0 Å². The van der Waals surface area contributed by atoms with E-state index in [1.807, 2.05) is 29.2 Å². The van der Waals surface area contributed by atoms with Crippen molar-refractivity contribution in [2.24, 2.45) is 0 Å². The molecule has 1 aliphatic carbocycles. The van der Waals surface area contributed by atoms with E-state index in [1.54, 1.807) is 0 Å². The minimum atomic E-state index is 0.397. The molecule has 4 heteroatoms. The van der Waals surface area contributed by atoms with Gasteiger partial charge in [0.1, 0.15) is 0 Å². The van der Waals surface area contributed by atoms with Crippen molar-refractivity contribution in [1.29, 1.82) is 0 Å². The lowest BCUT2D eigenvalue weighted by atomic mass is 10.1. The number of nitrogens with one attached hydrogen (secondary N) is 1. The molecule has 3 N–H and O–H groups in total. The first-order valence-corrected chi connectivity index (χ1v) is 6.84. The van der Waals surface area contributed by atoms with Gasteiger partial charge in [0.2, 0.25) is 0 Å². The van der Waals surface area contributed by atoms with Crippen LogP contribution in [0.25, 0.3) is 0 Å². The molecule has 1 heterocycles. The van der Waals surface area contributed by atoms with Crippen molar-refractivity contribution in [3.63, 3.8) is 0 Å². The van der Waals surface area contributed by atoms with E-state index in [1.165, 1.54) is 11.1 Å². The summed E-state index contributed by atoms with van der Waals surface area (Å²) in [7, 11) is 0. The van der Waals surface area contributed by atoms with Gasteiger partial charge in [-0.3, -0.25) is 4.68 Å². The zero-order valence-electron chi connectivity index (χ0n) is 11.2. The van der Waals surface area contributed by atoms with Crippen LogP contribution in [0.1, 0.15) is 30.5 Å². The summed E-state index contributed by atoms with van der Waals surface area (Å²) in [5.41, 5.74) is 9.50. The van der Waals surface area contributed by atoms with E-state index in [2.05, 4.69) is 29.5 Å². The van der Waals surface area contributed by atoms with Crippen molar-refractivity contribution < 1.29 is 0 Å². The van der Waals surface area contributed by atoms with Crippen LogP contribution in [-0.4, -0.2) is 15.8 Å². The van der Waals surface area contributed by atoms with Crippen molar-refractivity contribution in [2.45, 2.75) is 38.4 Å². The van der Waals surface area contributed by atoms with Crippen LogP contribution in [0.4, 0.5) is 5.69 Å². The molecule has 0 aliphatic heterocycles. The number of nitrogen functional groups attached to an aromatic ring is 1. The number of hydrogen-bond donors (Lipinski definition) is 2. The predicted molar refractivity (Wildman–Crippen MR) is 76.7 cm³/mol. The summed E-state index contributed by atoms with van der Waals surface area (Å²) in [6.07, 6.45) is 6.09. The minimum absolute atomic E-state index is 0.397. The van der Waals surface area contributed by atoms with Gasteiger partial charge in [0, 0.05) is 30.2 Å². The molecule has 0 fully saturated rings. The predicted octanol–water partition coefficient (Wildman–Crippen LogP) is 2.13. The summed E-state index contributed by atoms with van der Waals surface area (Å²) >= 11 is 0. The van der Waals surface area contributed by atoms with Crippen LogP contribution < -0.4 is 11.1 Å². The number of nitrogens with zero attached hydrogens (tertiary/aromatic N) is 2. The number of hydrogen-bond acceptors (Lipinski definition) is 3. The molecule has 1 aromatic heterocycles. The Hall–Kier alpha value is -1.81. The molecule has 0 saturated carbocycles. The summed E-state index contributed by atoms with van der Waals surface area (Å²) in [5.74, 6) is 0. The van der Waals surface area contributed by atoms with Gasteiger partial charge in [-0.1, -0.05) is 6.07 Å². The van der Waals surface area contributed by atoms with Crippen LogP contribution in [0.3, 0.4) is 0 Å². The van der Waals surface area contributed by atoms with E-state index in [4.69, 9.17) is 5.73 Å². The summed E-state index contributed by atoms with van der Waals surface area (Å²) < 4.78 is 1.97. The number of aromatic nitrogens is 2.